The Hall–Kier alpha value is -1.88. The summed E-state index contributed by atoms with van der Waals surface area (Å²) in [7, 11) is 0. The molecule has 0 spiro atoms. The maximum Gasteiger partial charge on any atom is 0.222 e. The van der Waals surface area contributed by atoms with Gasteiger partial charge in [-0.05, 0) is 42.4 Å². The van der Waals surface area contributed by atoms with Crippen LogP contribution in [0.5, 0.6) is 0 Å². The Morgan fingerprint density at radius 3 is 2.52 bits per heavy atom. The second kappa shape index (κ2) is 8.11. The molecule has 0 aromatic heterocycles. The van der Waals surface area contributed by atoms with Gasteiger partial charge in [0.1, 0.15) is 0 Å². The first-order valence-corrected chi connectivity index (χ1v) is 8.42. The smallest absolute Gasteiger partial charge is 0.222 e. The Morgan fingerprint density at radius 2 is 1.91 bits per heavy atom. The second-order valence-electron chi connectivity index (χ2n) is 6.32. The molecule has 23 heavy (non-hydrogen) atoms. The van der Waals surface area contributed by atoms with Gasteiger partial charge in [-0.3, -0.25) is 9.59 Å². The number of hydrogen-bond donors (Lipinski definition) is 2. The minimum atomic E-state index is -0.314. The Bertz CT molecular complexity index is 563. The molecule has 126 valence electrons. The summed E-state index contributed by atoms with van der Waals surface area (Å²) in [6.45, 7) is 3.61. The molecule has 1 aliphatic rings. The van der Waals surface area contributed by atoms with E-state index in [2.05, 4.69) is 13.0 Å². The van der Waals surface area contributed by atoms with Crippen LogP contribution >= 0.6 is 0 Å². The number of rotatable bonds is 6. The van der Waals surface area contributed by atoms with Crippen LogP contribution in [0.15, 0.2) is 18.2 Å². The number of likely N-dealkylation sites (tertiary alicyclic amines) is 1. The van der Waals surface area contributed by atoms with E-state index in [0.29, 0.717) is 6.42 Å². The maximum absolute atomic E-state index is 12.3. The molecule has 5 nitrogen and oxygen atoms in total. The van der Waals surface area contributed by atoms with Crippen molar-refractivity contribution in [3.63, 3.8) is 0 Å². The molecule has 4 N–H and O–H groups in total. The van der Waals surface area contributed by atoms with E-state index in [0.717, 1.165) is 55.5 Å². The standard InChI is InChI=1S/C18H27N3O2/c1-2-14-11-13(3-5-15(14)12-17(20)22)4-6-18(23)21-9-7-16(19)8-10-21/h3,5,11,16H,2,4,6-10,12,19H2,1H3,(H2,20,22). The average Bonchev–Trinajstić information content (AvgIpc) is 2.53. The summed E-state index contributed by atoms with van der Waals surface area (Å²) >= 11 is 0. The third-order valence-electron chi connectivity index (χ3n) is 4.54. The summed E-state index contributed by atoms with van der Waals surface area (Å²) < 4.78 is 0. The lowest BCUT2D eigenvalue weighted by Crippen LogP contribution is -2.42. The molecular weight excluding hydrogens is 290 g/mol. The van der Waals surface area contributed by atoms with E-state index < -0.39 is 0 Å². The van der Waals surface area contributed by atoms with E-state index in [9.17, 15) is 9.59 Å². The number of nitrogens with two attached hydrogens (primary N) is 2. The highest BCUT2D eigenvalue weighted by molar-refractivity contribution is 5.77. The Balaban J connectivity index is 1.92. The zero-order valence-corrected chi connectivity index (χ0v) is 13.9. The first-order valence-electron chi connectivity index (χ1n) is 8.42. The van der Waals surface area contributed by atoms with Gasteiger partial charge in [0.15, 0.2) is 0 Å². The third kappa shape index (κ3) is 5.06. The van der Waals surface area contributed by atoms with Crippen molar-refractivity contribution in [3.05, 3.63) is 34.9 Å². The number of primary amides is 1. The topological polar surface area (TPSA) is 89.4 Å². The number of hydrogen-bond acceptors (Lipinski definition) is 3. The average molecular weight is 317 g/mol. The van der Waals surface area contributed by atoms with Crippen LogP contribution in [0.3, 0.4) is 0 Å². The largest absolute Gasteiger partial charge is 0.369 e. The molecule has 5 heteroatoms. The van der Waals surface area contributed by atoms with Gasteiger partial charge in [-0.1, -0.05) is 25.1 Å². The molecule has 0 atom stereocenters. The van der Waals surface area contributed by atoms with Gasteiger partial charge in [0.05, 0.1) is 6.42 Å². The van der Waals surface area contributed by atoms with Crippen molar-refractivity contribution < 1.29 is 9.59 Å². The van der Waals surface area contributed by atoms with Crippen molar-refractivity contribution in [2.24, 2.45) is 11.5 Å². The minimum absolute atomic E-state index is 0.205. The highest BCUT2D eigenvalue weighted by Gasteiger charge is 2.20. The third-order valence-corrected chi connectivity index (χ3v) is 4.54. The lowest BCUT2D eigenvalue weighted by Gasteiger charge is -2.30. The van der Waals surface area contributed by atoms with Crippen molar-refractivity contribution >= 4 is 11.8 Å². The molecule has 0 unspecified atom stereocenters. The number of benzene rings is 1. The summed E-state index contributed by atoms with van der Waals surface area (Å²) in [5, 5.41) is 0. The second-order valence-corrected chi connectivity index (χ2v) is 6.32. The molecule has 1 aliphatic heterocycles. The molecule has 1 saturated heterocycles. The highest BCUT2D eigenvalue weighted by atomic mass is 16.2. The molecular formula is C18H27N3O2. The van der Waals surface area contributed by atoms with E-state index in [1.807, 2.05) is 17.0 Å². The van der Waals surface area contributed by atoms with Crippen LogP contribution < -0.4 is 11.5 Å². The SMILES string of the molecule is CCc1cc(CCC(=O)N2CCC(N)CC2)ccc1CC(N)=O. The molecule has 2 rings (SSSR count). The van der Waals surface area contributed by atoms with Gasteiger partial charge in [-0.15, -0.1) is 0 Å². The van der Waals surface area contributed by atoms with Crippen molar-refractivity contribution in [2.75, 3.05) is 13.1 Å². The van der Waals surface area contributed by atoms with Gasteiger partial charge in [-0.25, -0.2) is 0 Å². The van der Waals surface area contributed by atoms with Crippen LogP contribution in [-0.4, -0.2) is 35.8 Å². The fraction of sp³-hybridized carbons (Fsp3) is 0.556. The van der Waals surface area contributed by atoms with Gasteiger partial charge >= 0.3 is 0 Å². The van der Waals surface area contributed by atoms with Crippen molar-refractivity contribution in [2.45, 2.75) is 51.5 Å². The van der Waals surface area contributed by atoms with E-state index in [4.69, 9.17) is 11.5 Å². The van der Waals surface area contributed by atoms with E-state index in [1.54, 1.807) is 0 Å². The number of nitrogens with zero attached hydrogens (tertiary/aromatic N) is 1. The van der Waals surface area contributed by atoms with Gasteiger partial charge in [0, 0.05) is 25.6 Å². The van der Waals surface area contributed by atoms with Crippen molar-refractivity contribution in [3.8, 4) is 0 Å². The molecule has 0 aliphatic carbocycles. The van der Waals surface area contributed by atoms with Crippen LogP contribution in [0.1, 0.15) is 42.9 Å². The van der Waals surface area contributed by atoms with Crippen molar-refractivity contribution in [1.82, 2.24) is 4.90 Å². The maximum atomic E-state index is 12.3. The number of carbonyl (C=O) groups is 2. The molecule has 0 saturated carbocycles. The van der Waals surface area contributed by atoms with Gasteiger partial charge in [0.25, 0.3) is 0 Å². The van der Waals surface area contributed by atoms with E-state index in [1.165, 1.54) is 0 Å². The molecule has 1 aromatic rings. The van der Waals surface area contributed by atoms with E-state index in [-0.39, 0.29) is 24.3 Å². The predicted octanol–water partition coefficient (Wildman–Crippen LogP) is 1.16. The number of aryl methyl sites for hydroxylation is 2. The van der Waals surface area contributed by atoms with E-state index >= 15 is 0 Å². The number of amides is 2. The summed E-state index contributed by atoms with van der Waals surface area (Å²) in [5.74, 6) is -0.109. The molecule has 2 amide bonds. The molecule has 1 heterocycles. The van der Waals surface area contributed by atoms with Gasteiger partial charge in [0.2, 0.25) is 11.8 Å². The summed E-state index contributed by atoms with van der Waals surface area (Å²) in [4.78, 5) is 25.3. The quantitative estimate of drug-likeness (QED) is 0.825. The Labute approximate surface area is 138 Å². The first kappa shape index (κ1) is 17.5. The number of piperidine rings is 1. The zero-order chi connectivity index (χ0) is 16.8. The summed E-state index contributed by atoms with van der Waals surface area (Å²) in [5.41, 5.74) is 14.4. The molecule has 1 aromatic carbocycles. The van der Waals surface area contributed by atoms with Gasteiger partial charge in [-0.2, -0.15) is 0 Å². The van der Waals surface area contributed by atoms with Crippen LogP contribution in [0.4, 0.5) is 0 Å². The minimum Gasteiger partial charge on any atom is -0.369 e. The monoisotopic (exact) mass is 317 g/mol. The number of carbonyl (C=O) groups excluding carboxylic acids is 2. The lowest BCUT2D eigenvalue weighted by atomic mass is 9.97. The van der Waals surface area contributed by atoms with Crippen LogP contribution in [0.2, 0.25) is 0 Å². The summed E-state index contributed by atoms with van der Waals surface area (Å²) in [6, 6.07) is 6.29. The molecule has 1 fully saturated rings. The first-order chi connectivity index (χ1) is 11.0. The van der Waals surface area contributed by atoms with Crippen molar-refractivity contribution in [1.29, 1.82) is 0 Å². The summed E-state index contributed by atoms with van der Waals surface area (Å²) in [6.07, 6.45) is 4.17. The Kier molecular flexibility index (Phi) is 6.16. The van der Waals surface area contributed by atoms with Crippen LogP contribution in [0, 0.1) is 0 Å². The molecule has 0 bridgehead atoms. The zero-order valence-electron chi connectivity index (χ0n) is 13.9. The van der Waals surface area contributed by atoms with Crippen LogP contribution in [-0.2, 0) is 28.9 Å². The normalized spacial score (nSPS) is 15.7. The van der Waals surface area contributed by atoms with Crippen LogP contribution in [0.25, 0.3) is 0 Å². The highest BCUT2D eigenvalue weighted by Crippen LogP contribution is 2.16. The molecule has 0 radical (unpaired) electrons. The predicted molar refractivity (Wildman–Crippen MR) is 90.8 cm³/mol. The lowest BCUT2D eigenvalue weighted by molar-refractivity contribution is -0.132. The fourth-order valence-electron chi connectivity index (χ4n) is 3.08. The Morgan fingerprint density at radius 1 is 1.22 bits per heavy atom. The fourth-order valence-corrected chi connectivity index (χ4v) is 3.08. The van der Waals surface area contributed by atoms with Gasteiger partial charge < -0.3 is 16.4 Å².